The van der Waals surface area contributed by atoms with Gasteiger partial charge in [0.25, 0.3) is 5.91 Å². The normalized spacial score (nSPS) is 19.8. The lowest BCUT2D eigenvalue weighted by Crippen LogP contribution is -2.47. The number of aryl methyl sites for hydroxylation is 1. The van der Waals surface area contributed by atoms with Gasteiger partial charge in [-0.25, -0.2) is 4.79 Å². The van der Waals surface area contributed by atoms with Gasteiger partial charge < -0.3 is 14.5 Å². The molecule has 0 unspecified atom stereocenters. The number of hydrogen-bond acceptors (Lipinski definition) is 4. The molecule has 0 spiro atoms. The zero-order valence-corrected chi connectivity index (χ0v) is 14.9. The molecule has 132 valence electrons. The second kappa shape index (κ2) is 6.11. The van der Waals surface area contributed by atoms with Crippen LogP contribution in [0.1, 0.15) is 49.8 Å². The summed E-state index contributed by atoms with van der Waals surface area (Å²) < 4.78 is 6.83. The van der Waals surface area contributed by atoms with Crippen LogP contribution in [-0.2, 0) is 10.3 Å². The molecule has 1 aromatic heterocycles. The molecule has 7 nitrogen and oxygen atoms in total. The van der Waals surface area contributed by atoms with E-state index in [1.165, 1.54) is 0 Å². The first-order chi connectivity index (χ1) is 11.3. The predicted octanol–water partition coefficient (Wildman–Crippen LogP) is 2.00. The average molecular weight is 334 g/mol. The van der Waals surface area contributed by atoms with Crippen molar-refractivity contribution in [3.05, 3.63) is 17.5 Å². The van der Waals surface area contributed by atoms with Crippen molar-refractivity contribution in [3.8, 4) is 0 Å². The number of hydrogen-bond donors (Lipinski definition) is 0. The lowest BCUT2D eigenvalue weighted by Gasteiger charge is -2.36. The maximum atomic E-state index is 12.9. The highest BCUT2D eigenvalue weighted by Crippen LogP contribution is 2.23. The lowest BCUT2D eigenvalue weighted by molar-refractivity contribution is 0.0639. The Labute approximate surface area is 142 Å². The van der Waals surface area contributed by atoms with Crippen LogP contribution in [0.15, 0.2) is 6.07 Å². The number of ether oxygens (including phenoxy) is 1. The highest BCUT2D eigenvalue weighted by Gasteiger charge is 2.34. The Morgan fingerprint density at radius 1 is 1.25 bits per heavy atom. The Balaban J connectivity index is 1.69. The van der Waals surface area contributed by atoms with Crippen LogP contribution >= 0.6 is 0 Å². The minimum atomic E-state index is -0.239. The molecule has 0 bridgehead atoms. The molecule has 2 aliphatic rings. The first-order valence-corrected chi connectivity index (χ1v) is 8.57. The van der Waals surface area contributed by atoms with Gasteiger partial charge in [0.1, 0.15) is 12.3 Å². The van der Waals surface area contributed by atoms with Crippen molar-refractivity contribution in [2.75, 3.05) is 26.2 Å². The molecule has 2 amide bonds. The van der Waals surface area contributed by atoms with Crippen LogP contribution in [0.3, 0.4) is 0 Å². The van der Waals surface area contributed by atoms with Gasteiger partial charge in [-0.2, -0.15) is 5.10 Å². The fourth-order valence-electron chi connectivity index (χ4n) is 3.44. The van der Waals surface area contributed by atoms with E-state index >= 15 is 0 Å². The van der Waals surface area contributed by atoms with Crippen LogP contribution in [0.2, 0.25) is 0 Å². The standard InChI is InChI=1S/C17H26N4O3/c1-12-11-14(21(18-12)17(2,3)4)15(22)19-7-5-13(6-8-19)20-9-10-24-16(20)23/h11,13H,5-10H2,1-4H3. The van der Waals surface area contributed by atoms with Gasteiger partial charge in [-0.15, -0.1) is 0 Å². The zero-order chi connectivity index (χ0) is 17.5. The molecule has 0 saturated carbocycles. The van der Waals surface area contributed by atoms with Crippen molar-refractivity contribution >= 4 is 12.0 Å². The highest BCUT2D eigenvalue weighted by molar-refractivity contribution is 5.93. The van der Waals surface area contributed by atoms with E-state index in [9.17, 15) is 9.59 Å². The predicted molar refractivity (Wildman–Crippen MR) is 88.9 cm³/mol. The number of amides is 2. The summed E-state index contributed by atoms with van der Waals surface area (Å²) in [4.78, 5) is 28.3. The van der Waals surface area contributed by atoms with Gasteiger partial charge in [-0.1, -0.05) is 0 Å². The van der Waals surface area contributed by atoms with Crippen molar-refractivity contribution in [3.63, 3.8) is 0 Å². The van der Waals surface area contributed by atoms with Crippen LogP contribution in [0.5, 0.6) is 0 Å². The molecule has 3 rings (SSSR count). The number of rotatable bonds is 2. The monoisotopic (exact) mass is 334 g/mol. The molecular formula is C17H26N4O3. The van der Waals surface area contributed by atoms with E-state index in [-0.39, 0.29) is 23.6 Å². The van der Waals surface area contributed by atoms with Crippen LogP contribution in [0, 0.1) is 6.92 Å². The molecule has 2 fully saturated rings. The number of cyclic esters (lactones) is 1. The number of likely N-dealkylation sites (tertiary alicyclic amines) is 1. The summed E-state index contributed by atoms with van der Waals surface area (Å²) in [5.41, 5.74) is 1.25. The number of carbonyl (C=O) groups is 2. The summed E-state index contributed by atoms with van der Waals surface area (Å²) >= 11 is 0. The van der Waals surface area contributed by atoms with Crippen LogP contribution in [0.4, 0.5) is 4.79 Å². The van der Waals surface area contributed by atoms with Gasteiger partial charge in [-0.05, 0) is 46.6 Å². The van der Waals surface area contributed by atoms with E-state index < -0.39 is 0 Å². The van der Waals surface area contributed by atoms with Crippen molar-refractivity contribution in [1.29, 1.82) is 0 Å². The van der Waals surface area contributed by atoms with Crippen molar-refractivity contribution < 1.29 is 14.3 Å². The summed E-state index contributed by atoms with van der Waals surface area (Å²) in [6, 6.07) is 2.04. The molecule has 0 atom stereocenters. The van der Waals surface area contributed by atoms with Crippen molar-refractivity contribution in [2.24, 2.45) is 0 Å². The highest BCUT2D eigenvalue weighted by atomic mass is 16.6. The molecular weight excluding hydrogens is 308 g/mol. The van der Waals surface area contributed by atoms with Gasteiger partial charge in [-0.3, -0.25) is 9.48 Å². The number of aromatic nitrogens is 2. The first kappa shape index (κ1) is 16.8. The number of nitrogens with zero attached hydrogens (tertiary/aromatic N) is 4. The van der Waals surface area contributed by atoms with E-state index in [1.807, 2.05) is 43.3 Å². The molecule has 0 aromatic carbocycles. The molecule has 3 heterocycles. The van der Waals surface area contributed by atoms with Gasteiger partial charge in [0.2, 0.25) is 0 Å². The van der Waals surface area contributed by atoms with Crippen molar-refractivity contribution in [1.82, 2.24) is 19.6 Å². The second-order valence-electron chi connectivity index (χ2n) is 7.58. The van der Waals surface area contributed by atoms with Gasteiger partial charge in [0, 0.05) is 19.1 Å². The fraction of sp³-hybridized carbons (Fsp3) is 0.706. The maximum Gasteiger partial charge on any atom is 0.410 e. The van der Waals surface area contributed by atoms with E-state index in [4.69, 9.17) is 4.74 Å². The topological polar surface area (TPSA) is 67.7 Å². The molecule has 0 aliphatic carbocycles. The SMILES string of the molecule is Cc1cc(C(=O)N2CCC(N3CCOC3=O)CC2)n(C(C)(C)C)n1. The van der Waals surface area contributed by atoms with Crippen LogP contribution in [-0.4, -0.2) is 63.9 Å². The van der Waals surface area contributed by atoms with Gasteiger partial charge in [0.05, 0.1) is 17.8 Å². The Morgan fingerprint density at radius 2 is 1.92 bits per heavy atom. The third-order valence-electron chi connectivity index (χ3n) is 4.67. The minimum absolute atomic E-state index is 0.0213. The van der Waals surface area contributed by atoms with E-state index in [0.29, 0.717) is 31.9 Å². The third kappa shape index (κ3) is 3.12. The number of carbonyl (C=O) groups excluding carboxylic acids is 2. The van der Waals surface area contributed by atoms with Crippen LogP contribution < -0.4 is 0 Å². The Kier molecular flexibility index (Phi) is 4.27. The summed E-state index contributed by atoms with van der Waals surface area (Å²) in [5.74, 6) is 0.0213. The number of piperidine rings is 1. The molecule has 0 N–H and O–H groups in total. The Bertz CT molecular complexity index is 639. The maximum absolute atomic E-state index is 12.9. The zero-order valence-electron chi connectivity index (χ0n) is 14.9. The van der Waals surface area contributed by atoms with Gasteiger partial charge in [0.15, 0.2) is 0 Å². The summed E-state index contributed by atoms with van der Waals surface area (Å²) in [5, 5.41) is 4.49. The Morgan fingerprint density at radius 3 is 2.46 bits per heavy atom. The molecule has 0 radical (unpaired) electrons. The van der Waals surface area contributed by atoms with E-state index in [0.717, 1.165) is 18.5 Å². The first-order valence-electron chi connectivity index (χ1n) is 8.57. The fourth-order valence-corrected chi connectivity index (χ4v) is 3.44. The summed E-state index contributed by atoms with van der Waals surface area (Å²) in [6.45, 7) is 10.5. The van der Waals surface area contributed by atoms with Crippen molar-refractivity contribution in [2.45, 2.75) is 52.1 Å². The largest absolute Gasteiger partial charge is 0.448 e. The smallest absolute Gasteiger partial charge is 0.410 e. The molecule has 2 aliphatic heterocycles. The van der Waals surface area contributed by atoms with E-state index in [1.54, 1.807) is 4.90 Å². The molecule has 24 heavy (non-hydrogen) atoms. The summed E-state index contributed by atoms with van der Waals surface area (Å²) in [6.07, 6.45) is 1.37. The quantitative estimate of drug-likeness (QED) is 0.830. The Hall–Kier alpha value is -2.05. The van der Waals surface area contributed by atoms with E-state index in [2.05, 4.69) is 5.10 Å². The minimum Gasteiger partial charge on any atom is -0.448 e. The lowest BCUT2D eigenvalue weighted by atomic mass is 10.0. The molecule has 2 saturated heterocycles. The average Bonchev–Trinajstić information content (AvgIpc) is 3.12. The third-order valence-corrected chi connectivity index (χ3v) is 4.67. The van der Waals surface area contributed by atoms with Crippen LogP contribution in [0.25, 0.3) is 0 Å². The summed E-state index contributed by atoms with van der Waals surface area (Å²) in [7, 11) is 0. The van der Waals surface area contributed by atoms with Gasteiger partial charge >= 0.3 is 6.09 Å². The second-order valence-corrected chi connectivity index (χ2v) is 7.58. The molecule has 1 aromatic rings. The molecule has 7 heteroatoms.